The lowest BCUT2D eigenvalue weighted by atomic mass is 9.74. The monoisotopic (exact) mass is 438 g/mol. The molecule has 2 saturated heterocycles. The third-order valence-corrected chi connectivity index (χ3v) is 7.86. The van der Waals surface area contributed by atoms with Crippen molar-refractivity contribution in [2.24, 2.45) is 5.92 Å². The van der Waals surface area contributed by atoms with Crippen LogP contribution in [-0.4, -0.2) is 67.3 Å². The summed E-state index contributed by atoms with van der Waals surface area (Å²) in [5.41, 5.74) is 0.893. The van der Waals surface area contributed by atoms with E-state index in [9.17, 15) is 18.0 Å². The summed E-state index contributed by atoms with van der Waals surface area (Å²) in [6.07, 6.45) is 2.46. The highest BCUT2D eigenvalue weighted by atomic mass is 19.3. The number of amides is 1. The van der Waals surface area contributed by atoms with Gasteiger partial charge in [-0.2, -0.15) is 0 Å². The third-order valence-electron chi connectivity index (χ3n) is 7.86. The lowest BCUT2D eigenvalue weighted by Crippen LogP contribution is -2.48. The number of fused-ring (bicyclic) bond motifs is 3. The molecule has 0 aromatic heterocycles. The molecule has 1 saturated carbocycles. The number of carbonyl (C=O) groups excluding carboxylic acids is 1. The Hall–Kier alpha value is -1.96. The Balaban J connectivity index is 1.22. The summed E-state index contributed by atoms with van der Waals surface area (Å²) in [4.78, 5) is 16.5. The van der Waals surface area contributed by atoms with E-state index in [2.05, 4.69) is 4.90 Å². The molecule has 1 aliphatic carbocycles. The van der Waals surface area contributed by atoms with Gasteiger partial charge in [0.15, 0.2) is 6.61 Å². The van der Waals surface area contributed by atoms with Crippen LogP contribution in [0.3, 0.4) is 0 Å². The molecule has 3 heterocycles. The summed E-state index contributed by atoms with van der Waals surface area (Å²) in [7, 11) is 0. The number of ether oxygens (including phenoxy) is 2. The van der Waals surface area contributed by atoms with E-state index in [1.807, 2.05) is 0 Å². The minimum absolute atomic E-state index is 0.0736. The second kappa shape index (κ2) is 8.19. The van der Waals surface area contributed by atoms with Crippen molar-refractivity contribution in [3.63, 3.8) is 0 Å². The summed E-state index contributed by atoms with van der Waals surface area (Å²) < 4.78 is 49.4. The maximum absolute atomic E-state index is 13.8. The molecule has 1 spiro atoms. The van der Waals surface area contributed by atoms with E-state index >= 15 is 0 Å². The lowest BCUT2D eigenvalue weighted by molar-refractivity contribution is 0.0153. The molecule has 0 N–H and O–H groups in total. The number of hydrogen-bond acceptors (Lipinski definition) is 4. The van der Waals surface area contributed by atoms with Crippen LogP contribution in [0.25, 0.3) is 0 Å². The maximum atomic E-state index is 13.8. The number of hydrogen-bond donors (Lipinski definition) is 0. The van der Waals surface area contributed by atoms with Gasteiger partial charge in [0.1, 0.15) is 11.6 Å². The molecule has 8 heteroatoms. The number of halogens is 3. The first-order valence-corrected chi connectivity index (χ1v) is 11.3. The van der Waals surface area contributed by atoms with Crippen LogP contribution < -0.4 is 4.74 Å². The number of nitrogens with zero attached hydrogens (tertiary/aromatic N) is 2. The van der Waals surface area contributed by atoms with E-state index in [0.717, 1.165) is 62.9 Å². The van der Waals surface area contributed by atoms with Crippen molar-refractivity contribution in [3.05, 3.63) is 29.6 Å². The summed E-state index contributed by atoms with van der Waals surface area (Å²) in [5, 5.41) is 0. The average molecular weight is 438 g/mol. The minimum atomic E-state index is -2.64. The van der Waals surface area contributed by atoms with Crippen LogP contribution in [0.5, 0.6) is 5.75 Å². The standard InChI is InChI=1S/C23H29F3N2O3/c24-16-3-4-20-18(11-16)23(14-31-20)5-8-27(9-6-23)17-10-15-2-1-7-28(19(15)12-17)22(29)30-13-21(25)26/h3-4,11,15,17,19,21H,1-2,5-10,12-14H2. The van der Waals surface area contributed by atoms with E-state index in [1.54, 1.807) is 17.0 Å². The molecule has 3 fully saturated rings. The number of benzene rings is 1. The largest absolute Gasteiger partial charge is 0.492 e. The molecule has 1 amide bonds. The van der Waals surface area contributed by atoms with Crippen molar-refractivity contribution in [2.45, 2.75) is 62.4 Å². The Morgan fingerprint density at radius 1 is 1.23 bits per heavy atom. The van der Waals surface area contributed by atoms with E-state index in [0.29, 0.717) is 25.1 Å². The van der Waals surface area contributed by atoms with Crippen LogP contribution in [0.2, 0.25) is 0 Å². The third kappa shape index (κ3) is 3.88. The Bertz CT molecular complexity index is 828. The molecule has 31 heavy (non-hydrogen) atoms. The number of carbonyl (C=O) groups is 1. The highest BCUT2D eigenvalue weighted by Gasteiger charge is 2.48. The Kier molecular flexibility index (Phi) is 5.52. The van der Waals surface area contributed by atoms with E-state index < -0.39 is 19.1 Å². The summed E-state index contributed by atoms with van der Waals surface area (Å²) >= 11 is 0. The van der Waals surface area contributed by atoms with Gasteiger partial charge in [0.05, 0.1) is 6.61 Å². The van der Waals surface area contributed by atoms with Crippen LogP contribution in [0.4, 0.5) is 18.0 Å². The topological polar surface area (TPSA) is 42.0 Å². The highest BCUT2D eigenvalue weighted by molar-refractivity contribution is 5.68. The maximum Gasteiger partial charge on any atom is 0.410 e. The first-order chi connectivity index (χ1) is 14.9. The van der Waals surface area contributed by atoms with Gasteiger partial charge in [-0.05, 0) is 75.7 Å². The molecule has 5 nitrogen and oxygen atoms in total. The van der Waals surface area contributed by atoms with E-state index in [4.69, 9.17) is 9.47 Å². The highest BCUT2D eigenvalue weighted by Crippen LogP contribution is 2.47. The zero-order chi connectivity index (χ0) is 21.6. The van der Waals surface area contributed by atoms with Crippen molar-refractivity contribution in [3.8, 4) is 5.75 Å². The van der Waals surface area contributed by atoms with Crippen molar-refractivity contribution in [1.29, 1.82) is 0 Å². The van der Waals surface area contributed by atoms with Crippen molar-refractivity contribution < 1.29 is 27.4 Å². The Morgan fingerprint density at radius 2 is 2.03 bits per heavy atom. The van der Waals surface area contributed by atoms with Gasteiger partial charge < -0.3 is 19.3 Å². The fourth-order valence-corrected chi connectivity index (χ4v) is 6.26. The molecular formula is C23H29F3N2O3. The Labute approximate surface area is 180 Å². The number of piperidine rings is 2. The van der Waals surface area contributed by atoms with Gasteiger partial charge in [0, 0.05) is 29.6 Å². The van der Waals surface area contributed by atoms with Gasteiger partial charge in [0.25, 0.3) is 6.43 Å². The van der Waals surface area contributed by atoms with Crippen molar-refractivity contribution >= 4 is 6.09 Å². The smallest absolute Gasteiger partial charge is 0.410 e. The van der Waals surface area contributed by atoms with Gasteiger partial charge in [-0.25, -0.2) is 18.0 Å². The molecule has 3 unspecified atom stereocenters. The van der Waals surface area contributed by atoms with E-state index in [-0.39, 0.29) is 17.3 Å². The zero-order valence-corrected chi connectivity index (χ0v) is 17.6. The van der Waals surface area contributed by atoms with E-state index in [1.165, 1.54) is 6.07 Å². The number of rotatable bonds is 3. The molecule has 0 radical (unpaired) electrons. The van der Waals surface area contributed by atoms with Crippen LogP contribution in [-0.2, 0) is 10.2 Å². The number of alkyl halides is 2. The average Bonchev–Trinajstić information content (AvgIpc) is 3.35. The zero-order valence-electron chi connectivity index (χ0n) is 17.6. The molecule has 1 aromatic rings. The van der Waals surface area contributed by atoms with Crippen LogP contribution in [0.15, 0.2) is 18.2 Å². The molecular weight excluding hydrogens is 409 g/mol. The van der Waals surface area contributed by atoms with Crippen LogP contribution in [0.1, 0.15) is 44.1 Å². The fourth-order valence-electron chi connectivity index (χ4n) is 6.26. The first kappa shape index (κ1) is 20.9. The number of likely N-dealkylation sites (tertiary alicyclic amines) is 2. The lowest BCUT2D eigenvalue weighted by Gasteiger charge is -2.41. The SMILES string of the molecule is O=C(OCC(F)F)N1CCCC2CC(N3CCC4(CC3)COc3ccc(F)cc34)CC21. The molecule has 5 rings (SSSR count). The summed E-state index contributed by atoms with van der Waals surface area (Å²) in [5.74, 6) is 0.989. The molecule has 1 aromatic carbocycles. The quantitative estimate of drug-likeness (QED) is 0.710. The predicted molar refractivity (Wildman–Crippen MR) is 108 cm³/mol. The normalized spacial score (nSPS) is 29.7. The molecule has 0 bridgehead atoms. The van der Waals surface area contributed by atoms with Gasteiger partial charge >= 0.3 is 6.09 Å². The van der Waals surface area contributed by atoms with Gasteiger partial charge in [0.2, 0.25) is 0 Å². The first-order valence-electron chi connectivity index (χ1n) is 11.3. The molecule has 3 atom stereocenters. The summed E-state index contributed by atoms with van der Waals surface area (Å²) in [6, 6.07) is 5.26. The van der Waals surface area contributed by atoms with Gasteiger partial charge in [-0.1, -0.05) is 0 Å². The molecule has 4 aliphatic rings. The van der Waals surface area contributed by atoms with Gasteiger partial charge in [-0.15, -0.1) is 0 Å². The van der Waals surface area contributed by atoms with Crippen molar-refractivity contribution in [1.82, 2.24) is 9.80 Å². The summed E-state index contributed by atoms with van der Waals surface area (Å²) in [6.45, 7) is 2.19. The van der Waals surface area contributed by atoms with Crippen molar-refractivity contribution in [2.75, 3.05) is 32.8 Å². The fraction of sp³-hybridized carbons (Fsp3) is 0.696. The minimum Gasteiger partial charge on any atom is -0.492 e. The van der Waals surface area contributed by atoms with Crippen LogP contribution in [0, 0.1) is 11.7 Å². The second-order valence-corrected chi connectivity index (χ2v) is 9.50. The molecule has 3 aliphatic heterocycles. The molecule has 170 valence electrons. The van der Waals surface area contributed by atoms with Gasteiger partial charge in [-0.3, -0.25) is 0 Å². The Morgan fingerprint density at radius 3 is 2.81 bits per heavy atom. The second-order valence-electron chi connectivity index (χ2n) is 9.50. The van der Waals surface area contributed by atoms with Crippen LogP contribution >= 0.6 is 0 Å². The predicted octanol–water partition coefficient (Wildman–Crippen LogP) is 4.20.